The molecule has 0 N–H and O–H groups in total. The Kier molecular flexibility index (Phi) is 4.23. The Bertz CT molecular complexity index is 1160. The van der Waals surface area contributed by atoms with Crippen molar-refractivity contribution in [2.24, 2.45) is 5.92 Å². The molecular weight excluding hydrogens is 374 g/mol. The smallest absolute Gasteiger partial charge is 0.252 e. The minimum atomic E-state index is 0.552. The zero-order valence-electron chi connectivity index (χ0n) is 16.7. The zero-order valence-corrected chi connectivity index (χ0v) is 16.7. The highest BCUT2D eigenvalue weighted by atomic mass is 16.4. The van der Waals surface area contributed by atoms with Gasteiger partial charge in [0.2, 0.25) is 5.89 Å². The summed E-state index contributed by atoms with van der Waals surface area (Å²) in [5, 5.41) is 0. The third-order valence-corrected chi connectivity index (χ3v) is 6.39. The molecule has 2 aliphatic heterocycles. The summed E-state index contributed by atoms with van der Waals surface area (Å²) < 4.78 is 5.95. The molecule has 2 aliphatic rings. The van der Waals surface area contributed by atoms with Gasteiger partial charge >= 0.3 is 0 Å². The number of oxazole rings is 1. The predicted molar refractivity (Wildman–Crippen MR) is 116 cm³/mol. The van der Waals surface area contributed by atoms with Gasteiger partial charge in [0.1, 0.15) is 6.33 Å². The Balaban J connectivity index is 1.27. The summed E-state index contributed by atoms with van der Waals surface area (Å²) in [4.78, 5) is 18.7. The molecule has 0 spiro atoms. The van der Waals surface area contributed by atoms with E-state index < -0.39 is 0 Å². The maximum atomic E-state index is 5.95. The number of likely N-dealkylation sites (tertiary alicyclic amines) is 1. The SMILES string of the molecule is c1ccc(CN2CC[C@@H]3CN(c4ncnc5oc(-c6ccccc6)nc45)C[C@@H]32)cc1. The van der Waals surface area contributed by atoms with Crippen molar-refractivity contribution in [3.8, 4) is 11.5 Å². The van der Waals surface area contributed by atoms with Crippen LogP contribution >= 0.6 is 0 Å². The lowest BCUT2D eigenvalue weighted by Gasteiger charge is -2.25. The largest absolute Gasteiger partial charge is 0.417 e. The molecule has 0 bridgehead atoms. The predicted octanol–water partition coefficient (Wildman–Crippen LogP) is 4.00. The van der Waals surface area contributed by atoms with E-state index in [0.29, 0.717) is 23.6 Å². The fraction of sp³-hybridized carbons (Fsp3) is 0.292. The van der Waals surface area contributed by atoms with Crippen molar-refractivity contribution in [3.05, 3.63) is 72.6 Å². The molecule has 2 aromatic heterocycles. The van der Waals surface area contributed by atoms with Gasteiger partial charge in [-0.05, 0) is 36.6 Å². The molecule has 2 aromatic carbocycles. The summed E-state index contributed by atoms with van der Waals surface area (Å²) in [5.41, 5.74) is 3.64. The van der Waals surface area contributed by atoms with Gasteiger partial charge in [0.05, 0.1) is 0 Å². The number of fused-ring (bicyclic) bond motifs is 2. The highest BCUT2D eigenvalue weighted by Crippen LogP contribution is 2.36. The molecule has 6 heteroatoms. The van der Waals surface area contributed by atoms with Crippen LogP contribution in [-0.2, 0) is 6.54 Å². The first kappa shape index (κ1) is 17.6. The summed E-state index contributed by atoms with van der Waals surface area (Å²) in [5.74, 6) is 2.15. The maximum Gasteiger partial charge on any atom is 0.252 e. The van der Waals surface area contributed by atoms with Crippen LogP contribution in [0.25, 0.3) is 22.7 Å². The monoisotopic (exact) mass is 397 g/mol. The van der Waals surface area contributed by atoms with Crippen LogP contribution < -0.4 is 4.90 Å². The van der Waals surface area contributed by atoms with Crippen LogP contribution in [0.5, 0.6) is 0 Å². The van der Waals surface area contributed by atoms with Crippen LogP contribution in [0.1, 0.15) is 12.0 Å². The topological polar surface area (TPSA) is 58.3 Å². The minimum absolute atomic E-state index is 0.552. The molecule has 4 heterocycles. The third-order valence-electron chi connectivity index (χ3n) is 6.39. The summed E-state index contributed by atoms with van der Waals surface area (Å²) in [7, 11) is 0. The van der Waals surface area contributed by atoms with E-state index in [4.69, 9.17) is 9.40 Å². The Labute approximate surface area is 175 Å². The van der Waals surface area contributed by atoms with Gasteiger partial charge in [0.15, 0.2) is 11.3 Å². The van der Waals surface area contributed by atoms with Crippen LogP contribution in [0.15, 0.2) is 71.4 Å². The fourth-order valence-corrected chi connectivity index (χ4v) is 4.91. The van der Waals surface area contributed by atoms with Crippen LogP contribution in [-0.4, -0.2) is 45.5 Å². The van der Waals surface area contributed by atoms with Gasteiger partial charge in [-0.25, -0.2) is 9.97 Å². The number of nitrogens with zero attached hydrogens (tertiary/aromatic N) is 5. The van der Waals surface area contributed by atoms with E-state index in [2.05, 4.69) is 50.1 Å². The molecule has 2 fully saturated rings. The minimum Gasteiger partial charge on any atom is -0.417 e. The van der Waals surface area contributed by atoms with Crippen LogP contribution in [0.2, 0.25) is 0 Å². The van der Waals surface area contributed by atoms with Crippen molar-refractivity contribution in [1.82, 2.24) is 19.9 Å². The number of hydrogen-bond acceptors (Lipinski definition) is 6. The van der Waals surface area contributed by atoms with Gasteiger partial charge in [-0.2, -0.15) is 4.98 Å². The highest BCUT2D eigenvalue weighted by Gasteiger charge is 2.42. The average Bonchev–Trinajstić information content (AvgIpc) is 3.50. The molecule has 2 atom stereocenters. The number of rotatable bonds is 4. The van der Waals surface area contributed by atoms with Crippen molar-refractivity contribution < 1.29 is 4.42 Å². The van der Waals surface area contributed by atoms with E-state index in [-0.39, 0.29) is 0 Å². The summed E-state index contributed by atoms with van der Waals surface area (Å²) in [6.45, 7) is 4.16. The number of anilines is 1. The van der Waals surface area contributed by atoms with E-state index >= 15 is 0 Å². The first-order valence-corrected chi connectivity index (χ1v) is 10.5. The molecule has 0 amide bonds. The first-order chi connectivity index (χ1) is 14.8. The van der Waals surface area contributed by atoms with Crippen molar-refractivity contribution in [1.29, 1.82) is 0 Å². The second-order valence-corrected chi connectivity index (χ2v) is 8.21. The number of benzene rings is 2. The van der Waals surface area contributed by atoms with Crippen molar-refractivity contribution in [3.63, 3.8) is 0 Å². The standard InChI is InChI=1S/C24H23N5O/c1-3-7-17(8-4-1)13-28-12-11-19-14-29(15-20(19)28)22-21-24(26-16-25-22)30-23(27-21)18-9-5-2-6-10-18/h1-10,16,19-20H,11-15H2/t19-,20+/m1/s1. The van der Waals surface area contributed by atoms with E-state index in [1.165, 1.54) is 18.5 Å². The fourth-order valence-electron chi connectivity index (χ4n) is 4.91. The summed E-state index contributed by atoms with van der Waals surface area (Å²) >= 11 is 0. The second-order valence-electron chi connectivity index (χ2n) is 8.21. The average molecular weight is 397 g/mol. The molecule has 6 nitrogen and oxygen atoms in total. The van der Waals surface area contributed by atoms with Crippen molar-refractivity contribution in [2.75, 3.05) is 24.5 Å². The molecule has 2 saturated heterocycles. The summed E-state index contributed by atoms with van der Waals surface area (Å²) in [6, 6.07) is 21.3. The maximum absolute atomic E-state index is 5.95. The van der Waals surface area contributed by atoms with Crippen LogP contribution in [0.3, 0.4) is 0 Å². The van der Waals surface area contributed by atoms with Gasteiger partial charge in [-0.1, -0.05) is 48.5 Å². The van der Waals surface area contributed by atoms with Gasteiger partial charge in [0, 0.05) is 31.2 Å². The number of hydrogen-bond donors (Lipinski definition) is 0. The van der Waals surface area contributed by atoms with Gasteiger partial charge in [0.25, 0.3) is 5.71 Å². The second kappa shape index (κ2) is 7.22. The van der Waals surface area contributed by atoms with Crippen molar-refractivity contribution in [2.45, 2.75) is 19.0 Å². The Morgan fingerprint density at radius 1 is 0.933 bits per heavy atom. The quantitative estimate of drug-likeness (QED) is 0.519. The van der Waals surface area contributed by atoms with Crippen LogP contribution in [0, 0.1) is 5.92 Å². The molecule has 0 unspecified atom stereocenters. The zero-order chi connectivity index (χ0) is 19.9. The first-order valence-electron chi connectivity index (χ1n) is 10.5. The Morgan fingerprint density at radius 3 is 2.57 bits per heavy atom. The van der Waals surface area contributed by atoms with Crippen molar-refractivity contribution >= 4 is 17.0 Å². The molecule has 30 heavy (non-hydrogen) atoms. The highest BCUT2D eigenvalue weighted by molar-refractivity contribution is 5.84. The van der Waals surface area contributed by atoms with Gasteiger partial charge in [-0.3, -0.25) is 4.90 Å². The normalized spacial score (nSPS) is 21.4. The van der Waals surface area contributed by atoms with Gasteiger partial charge in [-0.15, -0.1) is 0 Å². The molecule has 150 valence electrons. The third kappa shape index (κ3) is 3.04. The van der Waals surface area contributed by atoms with E-state index in [1.54, 1.807) is 6.33 Å². The van der Waals surface area contributed by atoms with E-state index in [1.807, 2.05) is 30.3 Å². The van der Waals surface area contributed by atoms with E-state index in [0.717, 1.165) is 36.5 Å². The van der Waals surface area contributed by atoms with E-state index in [9.17, 15) is 0 Å². The van der Waals surface area contributed by atoms with Crippen LogP contribution in [0.4, 0.5) is 5.82 Å². The molecule has 0 radical (unpaired) electrons. The Hall–Kier alpha value is -3.25. The number of aromatic nitrogens is 3. The lowest BCUT2D eigenvalue weighted by atomic mass is 10.0. The molecular formula is C24H23N5O. The molecule has 0 aliphatic carbocycles. The lowest BCUT2D eigenvalue weighted by molar-refractivity contribution is 0.246. The molecule has 0 saturated carbocycles. The Morgan fingerprint density at radius 2 is 1.73 bits per heavy atom. The lowest BCUT2D eigenvalue weighted by Crippen LogP contribution is -2.35. The summed E-state index contributed by atoms with van der Waals surface area (Å²) in [6.07, 6.45) is 2.82. The van der Waals surface area contributed by atoms with Gasteiger partial charge < -0.3 is 9.32 Å². The molecule has 6 rings (SSSR count). The molecule has 4 aromatic rings.